The number of amides is 1. The maximum absolute atomic E-state index is 12.4. The van der Waals surface area contributed by atoms with Crippen molar-refractivity contribution in [2.45, 2.75) is 13.3 Å². The van der Waals surface area contributed by atoms with E-state index in [9.17, 15) is 4.79 Å². The highest BCUT2D eigenvalue weighted by atomic mass is 127. The van der Waals surface area contributed by atoms with E-state index in [1.54, 1.807) is 0 Å². The van der Waals surface area contributed by atoms with Crippen molar-refractivity contribution in [3.05, 3.63) is 29.6 Å². The summed E-state index contributed by atoms with van der Waals surface area (Å²) >= 11 is 0. The first-order valence-corrected chi connectivity index (χ1v) is 10.1. The molecular weight excluding hydrogens is 483 g/mol. The largest absolute Gasteiger partial charge is 0.378 e. The number of ether oxygens (including phenoxy) is 1. The van der Waals surface area contributed by atoms with Crippen molar-refractivity contribution in [3.8, 4) is 0 Å². The molecule has 1 aromatic rings. The van der Waals surface area contributed by atoms with Crippen LogP contribution in [0.5, 0.6) is 0 Å². The number of morpholine rings is 1. The highest BCUT2D eigenvalue weighted by molar-refractivity contribution is 14.0. The fourth-order valence-corrected chi connectivity index (χ4v) is 3.52. The van der Waals surface area contributed by atoms with E-state index in [2.05, 4.69) is 31.2 Å². The van der Waals surface area contributed by atoms with Crippen LogP contribution in [0.1, 0.15) is 11.3 Å². The lowest BCUT2D eigenvalue weighted by atomic mass is 10.2. The summed E-state index contributed by atoms with van der Waals surface area (Å²) in [5.74, 6) is 1.14. The first-order valence-electron chi connectivity index (χ1n) is 10.1. The van der Waals surface area contributed by atoms with Crippen molar-refractivity contribution >= 4 is 35.8 Å². The molecule has 0 aromatic carbocycles. The van der Waals surface area contributed by atoms with Gasteiger partial charge in [-0.2, -0.15) is 0 Å². The van der Waals surface area contributed by atoms with Crippen molar-refractivity contribution < 1.29 is 9.53 Å². The molecule has 2 aliphatic heterocycles. The predicted molar refractivity (Wildman–Crippen MR) is 125 cm³/mol. The number of aryl methyl sites for hydroxylation is 1. The number of nitrogens with one attached hydrogen (secondary N) is 1. The smallest absolute Gasteiger partial charge is 0.236 e. The van der Waals surface area contributed by atoms with Gasteiger partial charge in [-0.15, -0.1) is 24.0 Å². The van der Waals surface area contributed by atoms with Crippen molar-refractivity contribution in [2.75, 3.05) is 72.6 Å². The maximum atomic E-state index is 12.4. The third-order valence-electron chi connectivity index (χ3n) is 5.28. The second-order valence-corrected chi connectivity index (χ2v) is 7.29. The summed E-state index contributed by atoms with van der Waals surface area (Å²) in [6.07, 6.45) is 2.85. The Labute approximate surface area is 190 Å². The van der Waals surface area contributed by atoms with Gasteiger partial charge < -0.3 is 19.9 Å². The van der Waals surface area contributed by atoms with Crippen LogP contribution < -0.4 is 5.32 Å². The minimum Gasteiger partial charge on any atom is -0.378 e. The Hall–Kier alpha value is -1.46. The van der Waals surface area contributed by atoms with E-state index in [4.69, 9.17) is 4.74 Å². The molecule has 2 saturated heterocycles. The SMILES string of the molecule is CN=C(NCCc1ccc(C)nc1)N1CCN(CC(=O)N2CCOCC2)CC1.I. The van der Waals surface area contributed by atoms with Gasteiger partial charge in [-0.05, 0) is 25.0 Å². The number of hydrogen-bond acceptors (Lipinski definition) is 5. The standard InChI is InChI=1S/C20H32N6O2.HI/c1-17-3-4-18(15-23-17)5-6-22-20(21-2)26-9-7-24(8-10-26)16-19(27)25-11-13-28-14-12-25;/h3-4,15H,5-14,16H2,1-2H3,(H,21,22);1H. The molecule has 1 aromatic heterocycles. The minimum absolute atomic E-state index is 0. The van der Waals surface area contributed by atoms with Crippen LogP contribution in [0.15, 0.2) is 23.3 Å². The molecule has 162 valence electrons. The molecule has 0 bridgehead atoms. The quantitative estimate of drug-likeness (QED) is 0.351. The zero-order valence-electron chi connectivity index (χ0n) is 17.5. The molecule has 0 spiro atoms. The number of piperazine rings is 1. The summed E-state index contributed by atoms with van der Waals surface area (Å²) in [5, 5.41) is 3.45. The third kappa shape index (κ3) is 7.38. The zero-order valence-corrected chi connectivity index (χ0v) is 19.8. The van der Waals surface area contributed by atoms with E-state index >= 15 is 0 Å². The third-order valence-corrected chi connectivity index (χ3v) is 5.28. The van der Waals surface area contributed by atoms with E-state index in [0.717, 1.165) is 50.8 Å². The number of carbonyl (C=O) groups is 1. The number of nitrogens with zero attached hydrogens (tertiary/aromatic N) is 5. The summed E-state index contributed by atoms with van der Waals surface area (Å²) < 4.78 is 5.32. The number of pyridine rings is 1. The van der Waals surface area contributed by atoms with Crippen molar-refractivity contribution in [2.24, 2.45) is 4.99 Å². The van der Waals surface area contributed by atoms with Crippen LogP contribution in [0, 0.1) is 6.92 Å². The Morgan fingerprint density at radius 1 is 1.14 bits per heavy atom. The molecule has 1 amide bonds. The summed E-state index contributed by atoms with van der Waals surface area (Å²) in [7, 11) is 1.82. The van der Waals surface area contributed by atoms with Crippen molar-refractivity contribution in [1.82, 2.24) is 25.0 Å². The lowest BCUT2D eigenvalue weighted by Gasteiger charge is -2.37. The topological polar surface area (TPSA) is 73.3 Å². The summed E-state index contributed by atoms with van der Waals surface area (Å²) in [6.45, 7) is 9.56. The highest BCUT2D eigenvalue weighted by Crippen LogP contribution is 2.05. The van der Waals surface area contributed by atoms with Crippen LogP contribution in [0.2, 0.25) is 0 Å². The average Bonchev–Trinajstić information content (AvgIpc) is 2.74. The molecule has 2 aliphatic rings. The fourth-order valence-electron chi connectivity index (χ4n) is 3.52. The van der Waals surface area contributed by atoms with Gasteiger partial charge in [0.1, 0.15) is 0 Å². The molecule has 0 radical (unpaired) electrons. The highest BCUT2D eigenvalue weighted by Gasteiger charge is 2.24. The molecule has 2 fully saturated rings. The Morgan fingerprint density at radius 3 is 2.48 bits per heavy atom. The molecule has 0 saturated carbocycles. The zero-order chi connectivity index (χ0) is 19.8. The summed E-state index contributed by atoms with van der Waals surface area (Å²) in [6, 6.07) is 4.17. The van der Waals surface area contributed by atoms with Gasteiger partial charge in [0, 0.05) is 64.8 Å². The van der Waals surface area contributed by atoms with Gasteiger partial charge in [-0.25, -0.2) is 0 Å². The number of guanidine groups is 1. The average molecular weight is 516 g/mol. The van der Waals surface area contributed by atoms with Crippen molar-refractivity contribution in [3.63, 3.8) is 0 Å². The Balaban J connectivity index is 0.00000300. The summed E-state index contributed by atoms with van der Waals surface area (Å²) in [5.41, 5.74) is 2.26. The number of halogens is 1. The lowest BCUT2D eigenvalue weighted by Crippen LogP contribution is -2.55. The van der Waals surface area contributed by atoms with Gasteiger partial charge in [0.2, 0.25) is 5.91 Å². The molecule has 9 heteroatoms. The molecule has 29 heavy (non-hydrogen) atoms. The molecule has 0 unspecified atom stereocenters. The monoisotopic (exact) mass is 516 g/mol. The number of hydrogen-bond donors (Lipinski definition) is 1. The molecular formula is C20H33IN6O2. The molecule has 0 atom stereocenters. The molecule has 0 aliphatic carbocycles. The second kappa shape index (κ2) is 12.3. The number of rotatable bonds is 5. The Morgan fingerprint density at radius 2 is 1.86 bits per heavy atom. The van der Waals surface area contributed by atoms with Crippen LogP contribution >= 0.6 is 24.0 Å². The predicted octanol–water partition coefficient (Wildman–Crippen LogP) is 0.602. The van der Waals surface area contributed by atoms with E-state index < -0.39 is 0 Å². The lowest BCUT2D eigenvalue weighted by molar-refractivity contribution is -0.136. The molecule has 3 heterocycles. The first kappa shape index (κ1) is 23.8. The van der Waals surface area contributed by atoms with Gasteiger partial charge >= 0.3 is 0 Å². The molecule has 8 nitrogen and oxygen atoms in total. The normalized spacial score (nSPS) is 18.3. The van der Waals surface area contributed by atoms with E-state index in [1.807, 2.05) is 31.1 Å². The summed E-state index contributed by atoms with van der Waals surface area (Å²) in [4.78, 5) is 27.6. The maximum Gasteiger partial charge on any atom is 0.236 e. The van der Waals surface area contributed by atoms with Crippen LogP contribution in [-0.2, 0) is 16.0 Å². The van der Waals surface area contributed by atoms with Gasteiger partial charge in [-0.3, -0.25) is 19.7 Å². The van der Waals surface area contributed by atoms with Gasteiger partial charge in [0.25, 0.3) is 0 Å². The molecule has 3 rings (SSSR count). The number of aromatic nitrogens is 1. The number of carbonyl (C=O) groups excluding carboxylic acids is 1. The Kier molecular flexibility index (Phi) is 10.1. The van der Waals surface area contributed by atoms with E-state index in [0.29, 0.717) is 32.8 Å². The van der Waals surface area contributed by atoms with E-state index in [1.165, 1.54) is 5.56 Å². The van der Waals surface area contributed by atoms with Gasteiger partial charge in [0.15, 0.2) is 5.96 Å². The van der Waals surface area contributed by atoms with Crippen LogP contribution in [0.25, 0.3) is 0 Å². The van der Waals surface area contributed by atoms with E-state index in [-0.39, 0.29) is 29.9 Å². The van der Waals surface area contributed by atoms with Crippen LogP contribution in [-0.4, -0.2) is 104 Å². The van der Waals surface area contributed by atoms with Gasteiger partial charge in [0.05, 0.1) is 19.8 Å². The van der Waals surface area contributed by atoms with Crippen LogP contribution in [0.4, 0.5) is 0 Å². The first-order chi connectivity index (χ1) is 13.7. The number of aliphatic imine (C=N–C) groups is 1. The minimum atomic E-state index is 0. The van der Waals surface area contributed by atoms with Crippen molar-refractivity contribution in [1.29, 1.82) is 0 Å². The molecule has 1 N–H and O–H groups in total. The van der Waals surface area contributed by atoms with Crippen LogP contribution in [0.3, 0.4) is 0 Å². The Bertz CT molecular complexity index is 655. The van der Waals surface area contributed by atoms with Gasteiger partial charge in [-0.1, -0.05) is 6.07 Å². The fraction of sp³-hybridized carbons (Fsp3) is 0.650. The second-order valence-electron chi connectivity index (χ2n) is 7.29.